The molecule has 0 spiro atoms. The van der Waals surface area contributed by atoms with Crippen molar-refractivity contribution in [1.29, 1.82) is 0 Å². The molecular formula is C13H24N2O5S. The maximum Gasteiger partial charge on any atom is 0.326 e. The third-order valence-corrected chi connectivity index (χ3v) is 4.97. The Labute approximate surface area is 125 Å². The molecule has 1 aliphatic heterocycles. The van der Waals surface area contributed by atoms with Gasteiger partial charge in [0.25, 0.3) is 0 Å². The third-order valence-electron chi connectivity index (χ3n) is 3.99. The number of amides is 2. The Morgan fingerprint density at radius 1 is 1.33 bits per heavy atom. The Morgan fingerprint density at radius 3 is 2.43 bits per heavy atom. The van der Waals surface area contributed by atoms with Crippen LogP contribution >= 0.6 is 0 Å². The SMILES string of the molecule is CC1CCN(C(=O)NC(CCS(C)(=O)=O)C(=O)O)CC1C. The smallest absolute Gasteiger partial charge is 0.326 e. The van der Waals surface area contributed by atoms with Crippen LogP contribution in [-0.4, -0.2) is 61.6 Å². The van der Waals surface area contributed by atoms with Gasteiger partial charge >= 0.3 is 12.0 Å². The van der Waals surface area contributed by atoms with Gasteiger partial charge in [0.15, 0.2) is 0 Å². The van der Waals surface area contributed by atoms with Gasteiger partial charge in [0.2, 0.25) is 0 Å². The van der Waals surface area contributed by atoms with Crippen LogP contribution in [0.15, 0.2) is 0 Å². The third kappa shape index (κ3) is 5.91. The van der Waals surface area contributed by atoms with Crippen molar-refractivity contribution in [3.05, 3.63) is 0 Å². The molecule has 7 nitrogen and oxygen atoms in total. The molecule has 0 aliphatic carbocycles. The first-order chi connectivity index (χ1) is 9.60. The topological polar surface area (TPSA) is 104 Å². The van der Waals surface area contributed by atoms with E-state index in [1.807, 2.05) is 0 Å². The average molecular weight is 320 g/mol. The summed E-state index contributed by atoms with van der Waals surface area (Å²) in [6, 6.07) is -1.61. The number of urea groups is 1. The van der Waals surface area contributed by atoms with E-state index in [0.29, 0.717) is 24.9 Å². The summed E-state index contributed by atoms with van der Waals surface area (Å²) >= 11 is 0. The highest BCUT2D eigenvalue weighted by atomic mass is 32.2. The molecule has 1 heterocycles. The molecule has 1 rings (SSSR count). The fourth-order valence-electron chi connectivity index (χ4n) is 2.28. The minimum absolute atomic E-state index is 0.125. The summed E-state index contributed by atoms with van der Waals surface area (Å²) in [6.07, 6.45) is 1.80. The predicted octanol–water partition coefficient (Wildman–Crippen LogP) is 0.562. The van der Waals surface area contributed by atoms with Crippen LogP contribution in [0.4, 0.5) is 4.79 Å². The molecule has 8 heteroatoms. The number of likely N-dealkylation sites (tertiary alicyclic amines) is 1. The van der Waals surface area contributed by atoms with Crippen molar-refractivity contribution in [2.45, 2.75) is 32.7 Å². The fraction of sp³-hybridized carbons (Fsp3) is 0.846. The first-order valence-corrected chi connectivity index (χ1v) is 9.12. The second-order valence-corrected chi connectivity index (χ2v) is 8.21. The monoisotopic (exact) mass is 320 g/mol. The minimum atomic E-state index is -3.26. The number of carbonyl (C=O) groups is 2. The maximum atomic E-state index is 12.1. The molecule has 0 radical (unpaired) electrons. The first-order valence-electron chi connectivity index (χ1n) is 7.06. The van der Waals surface area contributed by atoms with Gasteiger partial charge in [-0.3, -0.25) is 0 Å². The van der Waals surface area contributed by atoms with E-state index in [1.54, 1.807) is 4.90 Å². The highest BCUT2D eigenvalue weighted by Crippen LogP contribution is 2.22. The lowest BCUT2D eigenvalue weighted by Crippen LogP contribution is -2.52. The quantitative estimate of drug-likeness (QED) is 0.770. The van der Waals surface area contributed by atoms with Crippen LogP contribution in [0.3, 0.4) is 0 Å². The molecule has 2 amide bonds. The van der Waals surface area contributed by atoms with Gasteiger partial charge in [-0.2, -0.15) is 0 Å². The zero-order valence-electron chi connectivity index (χ0n) is 12.7. The lowest BCUT2D eigenvalue weighted by atomic mass is 9.89. The fourth-order valence-corrected chi connectivity index (χ4v) is 2.94. The molecule has 0 saturated carbocycles. The zero-order valence-corrected chi connectivity index (χ0v) is 13.5. The molecule has 3 unspecified atom stereocenters. The van der Waals surface area contributed by atoms with E-state index in [9.17, 15) is 18.0 Å². The molecular weight excluding hydrogens is 296 g/mol. The van der Waals surface area contributed by atoms with E-state index in [4.69, 9.17) is 5.11 Å². The van der Waals surface area contributed by atoms with Crippen molar-refractivity contribution >= 4 is 21.8 Å². The van der Waals surface area contributed by atoms with Crippen molar-refractivity contribution in [2.24, 2.45) is 11.8 Å². The van der Waals surface area contributed by atoms with Crippen LogP contribution in [0.25, 0.3) is 0 Å². The molecule has 2 N–H and O–H groups in total. The molecule has 21 heavy (non-hydrogen) atoms. The number of carbonyl (C=O) groups excluding carboxylic acids is 1. The van der Waals surface area contributed by atoms with Gasteiger partial charge in [0.1, 0.15) is 15.9 Å². The normalized spacial score (nSPS) is 24.4. The van der Waals surface area contributed by atoms with Gasteiger partial charge < -0.3 is 15.3 Å². The number of sulfone groups is 1. The first kappa shape index (κ1) is 17.7. The summed E-state index contributed by atoms with van der Waals surface area (Å²) in [7, 11) is -3.26. The predicted molar refractivity (Wildman–Crippen MR) is 78.8 cm³/mol. The molecule has 1 aliphatic rings. The van der Waals surface area contributed by atoms with Crippen LogP contribution in [0, 0.1) is 11.8 Å². The minimum Gasteiger partial charge on any atom is -0.480 e. The van der Waals surface area contributed by atoms with Crippen LogP contribution in [0.2, 0.25) is 0 Å². The summed E-state index contributed by atoms with van der Waals surface area (Å²) in [5, 5.41) is 11.5. The molecule has 1 fully saturated rings. The Bertz CT molecular complexity index is 491. The average Bonchev–Trinajstić information content (AvgIpc) is 2.36. The van der Waals surface area contributed by atoms with E-state index in [2.05, 4.69) is 19.2 Å². The second kappa shape index (κ2) is 7.11. The Morgan fingerprint density at radius 2 is 1.95 bits per heavy atom. The standard InChI is InChI=1S/C13H24N2O5S/c1-9-4-6-15(8-10(9)2)13(18)14-11(12(16)17)5-7-21(3,19)20/h9-11H,4-8H2,1-3H3,(H,14,18)(H,16,17). The van der Waals surface area contributed by atoms with Crippen LogP contribution in [-0.2, 0) is 14.6 Å². The summed E-state index contributed by atoms with van der Waals surface area (Å²) in [6.45, 7) is 5.37. The van der Waals surface area contributed by atoms with Crippen molar-refractivity contribution in [2.75, 3.05) is 25.1 Å². The summed E-state index contributed by atoms with van der Waals surface area (Å²) < 4.78 is 22.2. The summed E-state index contributed by atoms with van der Waals surface area (Å²) in [4.78, 5) is 24.8. The molecule has 0 aromatic rings. The number of hydrogen-bond acceptors (Lipinski definition) is 4. The number of aliphatic carboxylic acids is 1. The Hall–Kier alpha value is -1.31. The van der Waals surface area contributed by atoms with Crippen LogP contribution in [0.5, 0.6) is 0 Å². The molecule has 122 valence electrons. The van der Waals surface area contributed by atoms with Crippen molar-refractivity contribution in [1.82, 2.24) is 10.2 Å². The van der Waals surface area contributed by atoms with Crippen molar-refractivity contribution in [3.8, 4) is 0 Å². The Balaban J connectivity index is 2.58. The number of carboxylic acid groups (broad SMARTS) is 1. The van der Waals surface area contributed by atoms with E-state index < -0.39 is 27.9 Å². The maximum absolute atomic E-state index is 12.1. The van der Waals surface area contributed by atoms with Gasteiger partial charge in [0.05, 0.1) is 5.75 Å². The number of nitrogens with zero attached hydrogens (tertiary/aromatic N) is 1. The number of carboxylic acids is 1. The molecule has 0 aromatic heterocycles. The lowest BCUT2D eigenvalue weighted by molar-refractivity contribution is -0.139. The van der Waals surface area contributed by atoms with Gasteiger partial charge in [-0.25, -0.2) is 18.0 Å². The van der Waals surface area contributed by atoms with Gasteiger partial charge in [-0.15, -0.1) is 0 Å². The molecule has 1 saturated heterocycles. The van der Waals surface area contributed by atoms with Gasteiger partial charge in [-0.1, -0.05) is 13.8 Å². The lowest BCUT2D eigenvalue weighted by Gasteiger charge is -2.35. The van der Waals surface area contributed by atoms with Gasteiger partial charge in [-0.05, 0) is 24.7 Å². The molecule has 0 aromatic carbocycles. The van der Waals surface area contributed by atoms with Crippen LogP contribution in [0.1, 0.15) is 26.7 Å². The van der Waals surface area contributed by atoms with E-state index >= 15 is 0 Å². The van der Waals surface area contributed by atoms with Gasteiger partial charge in [0, 0.05) is 19.3 Å². The van der Waals surface area contributed by atoms with E-state index in [-0.39, 0.29) is 12.2 Å². The summed E-state index contributed by atoms with van der Waals surface area (Å²) in [5.41, 5.74) is 0. The number of nitrogens with one attached hydrogen (secondary N) is 1. The zero-order chi connectivity index (χ0) is 16.2. The number of hydrogen-bond donors (Lipinski definition) is 2. The van der Waals surface area contributed by atoms with E-state index in [0.717, 1.165) is 12.7 Å². The largest absolute Gasteiger partial charge is 0.480 e. The molecule has 3 atom stereocenters. The number of piperidine rings is 1. The highest BCUT2D eigenvalue weighted by Gasteiger charge is 2.29. The highest BCUT2D eigenvalue weighted by molar-refractivity contribution is 7.90. The summed E-state index contributed by atoms with van der Waals surface area (Å²) in [5.74, 6) is -0.582. The van der Waals surface area contributed by atoms with Crippen LogP contribution < -0.4 is 5.32 Å². The van der Waals surface area contributed by atoms with E-state index in [1.165, 1.54) is 0 Å². The molecule has 0 bridgehead atoms. The number of rotatable bonds is 5. The Kier molecular flexibility index (Phi) is 6.00. The van der Waals surface area contributed by atoms with Crippen molar-refractivity contribution in [3.63, 3.8) is 0 Å². The van der Waals surface area contributed by atoms with Crippen molar-refractivity contribution < 1.29 is 23.1 Å². The second-order valence-electron chi connectivity index (χ2n) is 5.95.